The average molecular weight is 233 g/mol. The molecular weight excluding hydrogens is 220 g/mol. The monoisotopic (exact) mass is 233 g/mol. The fraction of sp³-hybridized carbons (Fsp3) is 0.600. The third-order valence-electron chi connectivity index (χ3n) is 2.57. The predicted molar refractivity (Wildman–Crippen MR) is 52.1 cm³/mol. The minimum absolute atomic E-state index is 0.0700. The molecule has 0 bridgehead atoms. The molecule has 1 aliphatic rings. The largest absolute Gasteiger partial charge is 0.477 e. The van der Waals surface area contributed by atoms with Crippen molar-refractivity contribution in [2.75, 3.05) is 13.1 Å². The van der Waals surface area contributed by atoms with E-state index < -0.39 is 24.4 Å². The van der Waals surface area contributed by atoms with Crippen LogP contribution in [-0.2, 0) is 9.59 Å². The average Bonchev–Trinajstić information content (AvgIpc) is 2.34. The zero-order valence-corrected chi connectivity index (χ0v) is 9.04. The van der Waals surface area contributed by atoms with E-state index in [1.54, 1.807) is 13.8 Å². The lowest BCUT2D eigenvalue weighted by molar-refractivity contribution is -0.134. The van der Waals surface area contributed by atoms with Gasteiger partial charge in [-0.3, -0.25) is 4.79 Å². The van der Waals surface area contributed by atoms with Gasteiger partial charge in [-0.15, -0.1) is 0 Å². The van der Waals surface area contributed by atoms with Crippen LogP contribution < -0.4 is 0 Å². The fourth-order valence-electron chi connectivity index (χ4n) is 1.92. The first-order valence-corrected chi connectivity index (χ1v) is 4.76. The number of hydrogen-bond acceptors (Lipinski definition) is 3. The van der Waals surface area contributed by atoms with Gasteiger partial charge in [0.15, 0.2) is 0 Å². The van der Waals surface area contributed by atoms with E-state index in [1.165, 1.54) is 0 Å². The zero-order chi connectivity index (χ0) is 12.5. The van der Waals surface area contributed by atoms with E-state index in [4.69, 9.17) is 5.11 Å². The Kier molecular flexibility index (Phi) is 3.30. The van der Waals surface area contributed by atoms with Crippen molar-refractivity contribution in [1.29, 1.82) is 0 Å². The first kappa shape index (κ1) is 12.6. The van der Waals surface area contributed by atoms with Crippen molar-refractivity contribution in [3.05, 3.63) is 11.3 Å². The van der Waals surface area contributed by atoms with Crippen molar-refractivity contribution in [3.63, 3.8) is 0 Å². The minimum atomic E-state index is -2.63. The lowest BCUT2D eigenvalue weighted by atomic mass is 9.87. The molecule has 0 amide bonds. The normalized spacial score (nSPS) is 19.4. The highest BCUT2D eigenvalue weighted by Crippen LogP contribution is 2.37. The van der Waals surface area contributed by atoms with Crippen LogP contribution in [0.15, 0.2) is 11.3 Å². The van der Waals surface area contributed by atoms with E-state index in [2.05, 4.69) is 0 Å². The van der Waals surface area contributed by atoms with Gasteiger partial charge < -0.3 is 10.0 Å². The van der Waals surface area contributed by atoms with Crippen molar-refractivity contribution in [1.82, 2.24) is 4.90 Å². The fourth-order valence-corrected chi connectivity index (χ4v) is 1.92. The van der Waals surface area contributed by atoms with Gasteiger partial charge in [0, 0.05) is 17.5 Å². The van der Waals surface area contributed by atoms with E-state index in [9.17, 15) is 18.4 Å². The first-order valence-electron chi connectivity index (χ1n) is 4.76. The number of alkyl halides is 2. The summed E-state index contributed by atoms with van der Waals surface area (Å²) in [5.41, 5.74) is -0.939. The summed E-state index contributed by atoms with van der Waals surface area (Å²) in [4.78, 5) is 22.8. The summed E-state index contributed by atoms with van der Waals surface area (Å²) in [5, 5.41) is 8.93. The maximum absolute atomic E-state index is 12.3. The minimum Gasteiger partial charge on any atom is -0.477 e. The molecule has 1 heterocycles. The SMILES string of the molecule is CC1(C)CN(CC(F)F)C(C(=O)O)=C1C=O. The molecule has 0 aliphatic carbocycles. The molecule has 1 N–H and O–H groups in total. The maximum Gasteiger partial charge on any atom is 0.352 e. The summed E-state index contributed by atoms with van der Waals surface area (Å²) in [5.74, 6) is -1.34. The Morgan fingerprint density at radius 1 is 1.62 bits per heavy atom. The van der Waals surface area contributed by atoms with E-state index in [-0.39, 0.29) is 17.8 Å². The lowest BCUT2D eigenvalue weighted by Crippen LogP contribution is -2.32. The van der Waals surface area contributed by atoms with Gasteiger partial charge in [-0.2, -0.15) is 0 Å². The van der Waals surface area contributed by atoms with Crippen molar-refractivity contribution in [3.8, 4) is 0 Å². The summed E-state index contributed by atoms with van der Waals surface area (Å²) in [6.45, 7) is 2.77. The third kappa shape index (κ3) is 2.20. The zero-order valence-electron chi connectivity index (χ0n) is 9.04. The number of rotatable bonds is 4. The van der Waals surface area contributed by atoms with Crippen molar-refractivity contribution in [2.24, 2.45) is 5.41 Å². The number of carbonyl (C=O) groups excluding carboxylic acids is 1. The molecule has 0 unspecified atom stereocenters. The standard InChI is InChI=1S/C10H13F2NO3/c1-10(2)5-13(3-7(11)12)8(9(15)16)6(10)4-14/h4,7H,3,5H2,1-2H3,(H,15,16). The Labute approximate surface area is 91.5 Å². The predicted octanol–water partition coefficient (Wildman–Crippen LogP) is 1.13. The Morgan fingerprint density at radius 3 is 2.56 bits per heavy atom. The molecule has 0 fully saturated rings. The number of carbonyl (C=O) groups is 2. The lowest BCUT2D eigenvalue weighted by Gasteiger charge is -2.23. The molecule has 90 valence electrons. The van der Waals surface area contributed by atoms with Gasteiger partial charge in [-0.25, -0.2) is 13.6 Å². The van der Waals surface area contributed by atoms with Crippen LogP contribution in [0.2, 0.25) is 0 Å². The van der Waals surface area contributed by atoms with Crippen molar-refractivity contribution >= 4 is 12.3 Å². The maximum atomic E-state index is 12.3. The second-order valence-electron chi connectivity index (χ2n) is 4.34. The molecule has 0 radical (unpaired) electrons. The Balaban J connectivity index is 3.13. The molecular formula is C10H13F2NO3. The summed E-state index contributed by atoms with van der Waals surface area (Å²) < 4.78 is 24.5. The molecule has 6 heteroatoms. The van der Waals surface area contributed by atoms with Crippen LogP contribution in [0.5, 0.6) is 0 Å². The Bertz CT molecular complexity index is 350. The van der Waals surface area contributed by atoms with Gasteiger partial charge in [-0.05, 0) is 0 Å². The van der Waals surface area contributed by atoms with Crippen molar-refractivity contribution in [2.45, 2.75) is 20.3 Å². The molecule has 0 aromatic carbocycles. The highest BCUT2D eigenvalue weighted by molar-refractivity contribution is 5.95. The number of carboxylic acid groups (broad SMARTS) is 1. The van der Waals surface area contributed by atoms with E-state index in [1.807, 2.05) is 0 Å². The molecule has 16 heavy (non-hydrogen) atoms. The number of nitrogens with zero attached hydrogens (tertiary/aromatic N) is 1. The van der Waals surface area contributed by atoms with E-state index in [0.29, 0.717) is 6.29 Å². The number of carboxylic acids is 1. The Hall–Kier alpha value is -1.46. The first-order chi connectivity index (χ1) is 7.29. The highest BCUT2D eigenvalue weighted by Gasteiger charge is 2.41. The summed E-state index contributed by atoms with van der Waals surface area (Å²) in [6, 6.07) is 0. The second kappa shape index (κ2) is 4.19. The van der Waals surface area contributed by atoms with Crippen molar-refractivity contribution < 1.29 is 23.5 Å². The molecule has 0 aromatic heterocycles. The quantitative estimate of drug-likeness (QED) is 0.739. The van der Waals surface area contributed by atoms with Crippen LogP contribution in [0, 0.1) is 5.41 Å². The van der Waals surface area contributed by atoms with E-state index >= 15 is 0 Å². The van der Waals surface area contributed by atoms with Crippen LogP contribution in [0.3, 0.4) is 0 Å². The number of aliphatic carboxylic acids is 1. The van der Waals surface area contributed by atoms with E-state index in [0.717, 1.165) is 4.90 Å². The smallest absolute Gasteiger partial charge is 0.352 e. The number of hydrogen-bond donors (Lipinski definition) is 1. The Morgan fingerprint density at radius 2 is 2.19 bits per heavy atom. The molecule has 0 saturated heterocycles. The summed E-state index contributed by atoms with van der Waals surface area (Å²) >= 11 is 0. The van der Waals surface area contributed by atoms with Gasteiger partial charge in [0.2, 0.25) is 0 Å². The summed E-state index contributed by atoms with van der Waals surface area (Å²) in [7, 11) is 0. The molecule has 0 spiro atoms. The van der Waals surface area contributed by atoms with Gasteiger partial charge in [0.25, 0.3) is 6.43 Å². The molecule has 0 aromatic rings. The van der Waals surface area contributed by atoms with Crippen LogP contribution in [-0.4, -0.2) is 41.8 Å². The number of aldehydes is 1. The van der Waals surface area contributed by atoms with Gasteiger partial charge >= 0.3 is 5.97 Å². The van der Waals surface area contributed by atoms with Crippen LogP contribution in [0.25, 0.3) is 0 Å². The second-order valence-corrected chi connectivity index (χ2v) is 4.34. The van der Waals surface area contributed by atoms with Crippen LogP contribution in [0.4, 0.5) is 8.78 Å². The molecule has 1 aliphatic heterocycles. The summed E-state index contributed by atoms with van der Waals surface area (Å²) in [6.07, 6.45) is -2.19. The van der Waals surface area contributed by atoms with Gasteiger partial charge in [0.05, 0.1) is 6.54 Å². The van der Waals surface area contributed by atoms with Crippen LogP contribution in [0.1, 0.15) is 13.8 Å². The molecule has 0 saturated carbocycles. The van der Waals surface area contributed by atoms with Crippen LogP contribution >= 0.6 is 0 Å². The molecule has 4 nitrogen and oxygen atoms in total. The van der Waals surface area contributed by atoms with Gasteiger partial charge in [0.1, 0.15) is 12.0 Å². The molecule has 0 atom stereocenters. The van der Waals surface area contributed by atoms with Gasteiger partial charge in [-0.1, -0.05) is 13.8 Å². The topological polar surface area (TPSA) is 57.6 Å². The highest BCUT2D eigenvalue weighted by atomic mass is 19.3. The number of halogens is 2. The third-order valence-corrected chi connectivity index (χ3v) is 2.57. The molecule has 1 rings (SSSR count).